The molecule has 0 fully saturated rings. The summed E-state index contributed by atoms with van der Waals surface area (Å²) < 4.78 is 11.0. The van der Waals surface area contributed by atoms with Gasteiger partial charge >= 0.3 is 0 Å². The highest BCUT2D eigenvalue weighted by atomic mass is 35.5. The fourth-order valence-electron chi connectivity index (χ4n) is 1.79. The zero-order chi connectivity index (χ0) is 14.5. The average Bonchev–Trinajstić information content (AvgIpc) is 2.48. The number of ether oxygens (including phenoxy) is 2. The number of methoxy groups -OCH3 is 1. The van der Waals surface area contributed by atoms with E-state index in [4.69, 9.17) is 38.4 Å². The molecule has 1 unspecified atom stereocenters. The molecule has 0 aliphatic carbocycles. The smallest absolute Gasteiger partial charge is 0.136 e. The first-order valence-electron chi connectivity index (χ1n) is 6.09. The molecule has 5 heteroatoms. The van der Waals surface area contributed by atoms with E-state index in [2.05, 4.69) is 0 Å². The van der Waals surface area contributed by atoms with Crippen molar-refractivity contribution in [2.24, 2.45) is 5.73 Å². The van der Waals surface area contributed by atoms with E-state index in [1.54, 1.807) is 25.3 Å². The van der Waals surface area contributed by atoms with Crippen LogP contribution in [0, 0.1) is 0 Å². The molecule has 0 spiro atoms. The van der Waals surface area contributed by atoms with Crippen molar-refractivity contribution >= 4 is 23.2 Å². The Hall–Kier alpha value is -1.42. The van der Waals surface area contributed by atoms with Gasteiger partial charge in [0.1, 0.15) is 17.6 Å². The summed E-state index contributed by atoms with van der Waals surface area (Å²) >= 11 is 11.8. The third-order valence-corrected chi connectivity index (χ3v) is 3.61. The molecule has 0 aliphatic heterocycles. The molecule has 2 aromatic carbocycles. The molecular weight excluding hydrogens is 297 g/mol. The molecule has 3 nitrogen and oxygen atoms in total. The van der Waals surface area contributed by atoms with Crippen molar-refractivity contribution in [3.8, 4) is 11.5 Å². The maximum Gasteiger partial charge on any atom is 0.136 e. The molecule has 0 bridgehead atoms. The Morgan fingerprint density at radius 1 is 1.00 bits per heavy atom. The maximum absolute atomic E-state index is 5.97. The second-order valence-corrected chi connectivity index (χ2v) is 5.01. The molecule has 20 heavy (non-hydrogen) atoms. The van der Waals surface area contributed by atoms with E-state index in [1.165, 1.54) is 0 Å². The number of benzene rings is 2. The standard InChI is InChI=1S/C15H15Cl2NO2/c1-19-11-4-2-10(3-5-11)15(9-18)20-12-6-7-13(16)14(17)8-12/h2-8,15H,9,18H2,1H3. The molecule has 0 radical (unpaired) electrons. The van der Waals surface area contributed by atoms with E-state index in [-0.39, 0.29) is 6.10 Å². The molecule has 2 N–H and O–H groups in total. The van der Waals surface area contributed by atoms with E-state index >= 15 is 0 Å². The summed E-state index contributed by atoms with van der Waals surface area (Å²) in [4.78, 5) is 0. The van der Waals surface area contributed by atoms with Gasteiger partial charge in [-0.15, -0.1) is 0 Å². The molecule has 0 heterocycles. The van der Waals surface area contributed by atoms with Crippen LogP contribution in [0.2, 0.25) is 10.0 Å². The van der Waals surface area contributed by atoms with E-state index < -0.39 is 0 Å². The van der Waals surface area contributed by atoms with E-state index in [0.29, 0.717) is 22.3 Å². The number of rotatable bonds is 5. The van der Waals surface area contributed by atoms with E-state index in [9.17, 15) is 0 Å². The Kier molecular flexibility index (Phi) is 5.12. The predicted octanol–water partition coefficient (Wildman–Crippen LogP) is 4.08. The van der Waals surface area contributed by atoms with Crippen molar-refractivity contribution in [3.63, 3.8) is 0 Å². The van der Waals surface area contributed by atoms with Gasteiger partial charge in [0.05, 0.1) is 17.2 Å². The summed E-state index contributed by atoms with van der Waals surface area (Å²) in [7, 11) is 1.63. The SMILES string of the molecule is COc1ccc(C(CN)Oc2ccc(Cl)c(Cl)c2)cc1. The summed E-state index contributed by atoms with van der Waals surface area (Å²) in [6.45, 7) is 0.354. The molecular formula is C15H15Cl2NO2. The number of hydrogen-bond donors (Lipinski definition) is 1. The molecule has 0 saturated heterocycles. The number of halogens is 2. The summed E-state index contributed by atoms with van der Waals surface area (Å²) in [5.74, 6) is 1.42. The van der Waals surface area contributed by atoms with Crippen LogP contribution in [0.5, 0.6) is 11.5 Å². The number of hydrogen-bond acceptors (Lipinski definition) is 3. The lowest BCUT2D eigenvalue weighted by atomic mass is 10.1. The Morgan fingerprint density at radius 2 is 1.65 bits per heavy atom. The van der Waals surface area contributed by atoms with Gasteiger partial charge in [-0.3, -0.25) is 0 Å². The van der Waals surface area contributed by atoms with Crippen molar-refractivity contribution in [1.82, 2.24) is 0 Å². The van der Waals surface area contributed by atoms with Gasteiger partial charge < -0.3 is 15.2 Å². The first kappa shape index (κ1) is 15.0. The molecule has 0 aromatic heterocycles. The third-order valence-electron chi connectivity index (χ3n) is 2.87. The van der Waals surface area contributed by atoms with Crippen molar-refractivity contribution in [1.29, 1.82) is 0 Å². The van der Waals surface area contributed by atoms with Gasteiger partial charge in [0.2, 0.25) is 0 Å². The zero-order valence-corrected chi connectivity index (χ0v) is 12.5. The van der Waals surface area contributed by atoms with Crippen LogP contribution < -0.4 is 15.2 Å². The van der Waals surface area contributed by atoms with Gasteiger partial charge in [0.25, 0.3) is 0 Å². The molecule has 0 amide bonds. The summed E-state index contributed by atoms with van der Waals surface area (Å²) in [5, 5.41) is 0.947. The van der Waals surface area contributed by atoms with Crippen molar-refractivity contribution in [2.75, 3.05) is 13.7 Å². The molecule has 106 valence electrons. The van der Waals surface area contributed by atoms with Crippen LogP contribution in [0.3, 0.4) is 0 Å². The van der Waals surface area contributed by atoms with Gasteiger partial charge in [-0.05, 0) is 29.8 Å². The Labute approximate surface area is 128 Å². The Morgan fingerprint density at radius 3 is 2.20 bits per heavy atom. The molecule has 0 saturated carbocycles. The van der Waals surface area contributed by atoms with Crippen LogP contribution in [0.4, 0.5) is 0 Å². The zero-order valence-electron chi connectivity index (χ0n) is 11.0. The first-order chi connectivity index (χ1) is 9.63. The van der Waals surface area contributed by atoms with Gasteiger partial charge in [-0.2, -0.15) is 0 Å². The van der Waals surface area contributed by atoms with Crippen LogP contribution in [0.1, 0.15) is 11.7 Å². The first-order valence-corrected chi connectivity index (χ1v) is 6.85. The average molecular weight is 312 g/mol. The Balaban J connectivity index is 2.16. The highest BCUT2D eigenvalue weighted by Crippen LogP contribution is 2.29. The fourth-order valence-corrected chi connectivity index (χ4v) is 2.07. The lowest BCUT2D eigenvalue weighted by Gasteiger charge is -2.18. The predicted molar refractivity (Wildman–Crippen MR) is 81.9 cm³/mol. The largest absolute Gasteiger partial charge is 0.497 e. The lowest BCUT2D eigenvalue weighted by Crippen LogP contribution is -2.18. The number of nitrogens with two attached hydrogens (primary N) is 1. The Bertz CT molecular complexity index is 573. The third kappa shape index (κ3) is 3.57. The van der Waals surface area contributed by atoms with E-state index in [1.807, 2.05) is 24.3 Å². The van der Waals surface area contributed by atoms with Crippen LogP contribution in [0.15, 0.2) is 42.5 Å². The molecule has 0 aliphatic rings. The minimum absolute atomic E-state index is 0.252. The van der Waals surface area contributed by atoms with E-state index in [0.717, 1.165) is 11.3 Å². The minimum atomic E-state index is -0.252. The maximum atomic E-state index is 5.97. The van der Waals surface area contributed by atoms with Gasteiger partial charge in [0.15, 0.2) is 0 Å². The molecule has 2 aromatic rings. The summed E-state index contributed by atoms with van der Waals surface area (Å²) in [6, 6.07) is 12.7. The highest BCUT2D eigenvalue weighted by Gasteiger charge is 2.12. The topological polar surface area (TPSA) is 44.5 Å². The van der Waals surface area contributed by atoms with Crippen LogP contribution in [0.25, 0.3) is 0 Å². The minimum Gasteiger partial charge on any atom is -0.497 e. The molecule has 2 rings (SSSR count). The quantitative estimate of drug-likeness (QED) is 0.904. The van der Waals surface area contributed by atoms with Crippen molar-refractivity contribution in [3.05, 3.63) is 58.1 Å². The second-order valence-electron chi connectivity index (χ2n) is 4.19. The summed E-state index contributed by atoms with van der Waals surface area (Å²) in [6.07, 6.45) is -0.252. The lowest BCUT2D eigenvalue weighted by molar-refractivity contribution is 0.214. The van der Waals surface area contributed by atoms with Gasteiger partial charge in [0, 0.05) is 12.6 Å². The van der Waals surface area contributed by atoms with Crippen LogP contribution in [-0.4, -0.2) is 13.7 Å². The van der Waals surface area contributed by atoms with Crippen molar-refractivity contribution in [2.45, 2.75) is 6.10 Å². The van der Waals surface area contributed by atoms with Crippen LogP contribution in [-0.2, 0) is 0 Å². The molecule has 1 atom stereocenters. The second kappa shape index (κ2) is 6.84. The van der Waals surface area contributed by atoms with Gasteiger partial charge in [-0.25, -0.2) is 0 Å². The fraction of sp³-hybridized carbons (Fsp3) is 0.200. The van der Waals surface area contributed by atoms with Gasteiger partial charge in [-0.1, -0.05) is 35.3 Å². The summed E-state index contributed by atoms with van der Waals surface area (Å²) in [5.41, 5.74) is 6.75. The van der Waals surface area contributed by atoms with Crippen LogP contribution >= 0.6 is 23.2 Å². The normalized spacial score (nSPS) is 12.0. The highest BCUT2D eigenvalue weighted by molar-refractivity contribution is 6.42. The van der Waals surface area contributed by atoms with Crippen molar-refractivity contribution < 1.29 is 9.47 Å². The monoisotopic (exact) mass is 311 g/mol.